The highest BCUT2D eigenvalue weighted by atomic mass is 16.5. The molecule has 0 saturated carbocycles. The second-order valence-corrected chi connectivity index (χ2v) is 5.61. The lowest BCUT2D eigenvalue weighted by molar-refractivity contribution is -0.147. The van der Waals surface area contributed by atoms with Gasteiger partial charge in [0.2, 0.25) is 0 Å². The van der Waals surface area contributed by atoms with Gasteiger partial charge in [0.05, 0.1) is 12.5 Å². The predicted octanol–water partition coefficient (Wildman–Crippen LogP) is 1.79. The second kappa shape index (κ2) is 9.23. The summed E-state index contributed by atoms with van der Waals surface area (Å²) in [6.45, 7) is 6.91. The highest BCUT2D eigenvalue weighted by molar-refractivity contribution is 5.71. The minimum absolute atomic E-state index is 0.0920. The van der Waals surface area contributed by atoms with Crippen molar-refractivity contribution < 1.29 is 9.53 Å². The van der Waals surface area contributed by atoms with Gasteiger partial charge in [0, 0.05) is 25.4 Å². The van der Waals surface area contributed by atoms with Gasteiger partial charge in [-0.3, -0.25) is 14.2 Å². The van der Waals surface area contributed by atoms with Crippen LogP contribution in [0.1, 0.15) is 46.5 Å². The average Bonchev–Trinajstić information content (AvgIpc) is 2.48. The van der Waals surface area contributed by atoms with Crippen LogP contribution in [-0.2, 0) is 22.6 Å². The van der Waals surface area contributed by atoms with Crippen LogP contribution >= 0.6 is 0 Å². The number of esters is 1. The van der Waals surface area contributed by atoms with Gasteiger partial charge >= 0.3 is 11.7 Å². The molecule has 0 saturated heterocycles. The molecule has 0 unspecified atom stereocenters. The first-order valence-electron chi connectivity index (χ1n) is 7.94. The summed E-state index contributed by atoms with van der Waals surface area (Å²) < 4.78 is 7.89. The summed E-state index contributed by atoms with van der Waals surface area (Å²) in [5, 5.41) is 0. The number of unbranched alkanes of at least 4 members (excludes halogenated alkanes) is 3. The lowest BCUT2D eigenvalue weighted by atomic mass is 10.2. The van der Waals surface area contributed by atoms with Gasteiger partial charge in [0.1, 0.15) is 0 Å². The summed E-state index contributed by atoms with van der Waals surface area (Å²) in [7, 11) is 0. The molecule has 0 fully saturated rings. The third kappa shape index (κ3) is 5.50. The van der Waals surface area contributed by atoms with Crippen molar-refractivity contribution in [2.75, 3.05) is 6.61 Å². The van der Waals surface area contributed by atoms with Crippen LogP contribution in [0.3, 0.4) is 0 Å². The molecule has 22 heavy (non-hydrogen) atoms. The number of aryl methyl sites for hydroxylation is 1. The van der Waals surface area contributed by atoms with Crippen LogP contribution in [0.2, 0.25) is 0 Å². The zero-order chi connectivity index (χ0) is 16.5. The monoisotopic (exact) mass is 310 g/mol. The third-order valence-electron chi connectivity index (χ3n) is 3.47. The number of aromatic nitrogens is 2. The number of carbonyl (C=O) groups is 1. The largest absolute Gasteiger partial charge is 0.465 e. The van der Waals surface area contributed by atoms with Crippen LogP contribution in [0.5, 0.6) is 0 Å². The van der Waals surface area contributed by atoms with Gasteiger partial charge in [-0.2, -0.15) is 0 Å². The Morgan fingerprint density at radius 3 is 2.50 bits per heavy atom. The van der Waals surface area contributed by atoms with E-state index in [9.17, 15) is 14.4 Å². The highest BCUT2D eigenvalue weighted by Gasteiger charge is 2.07. The van der Waals surface area contributed by atoms with Crippen LogP contribution in [0, 0.1) is 5.92 Å². The summed E-state index contributed by atoms with van der Waals surface area (Å²) >= 11 is 0. The van der Waals surface area contributed by atoms with E-state index in [0.29, 0.717) is 19.7 Å². The maximum absolute atomic E-state index is 12.0. The zero-order valence-corrected chi connectivity index (χ0v) is 13.7. The SMILES string of the molecule is CCn1ccc(=O)n(CCCCCCOC(=O)C(C)C)c1=O. The molecule has 0 atom stereocenters. The van der Waals surface area contributed by atoms with Crippen molar-refractivity contribution in [2.45, 2.75) is 59.5 Å². The molecular formula is C16H26N2O4. The minimum Gasteiger partial charge on any atom is -0.465 e. The van der Waals surface area contributed by atoms with E-state index in [0.717, 1.165) is 25.7 Å². The number of ether oxygens (including phenoxy) is 1. The summed E-state index contributed by atoms with van der Waals surface area (Å²) in [5.41, 5.74) is -0.499. The van der Waals surface area contributed by atoms with Gasteiger partial charge in [-0.15, -0.1) is 0 Å². The van der Waals surface area contributed by atoms with Crippen LogP contribution in [0.25, 0.3) is 0 Å². The standard InChI is InChI=1S/C16H26N2O4/c1-4-17-11-9-14(19)18(16(17)21)10-7-5-6-8-12-22-15(20)13(2)3/h9,11,13H,4-8,10,12H2,1-3H3. The zero-order valence-electron chi connectivity index (χ0n) is 13.7. The van der Waals surface area contributed by atoms with Crippen LogP contribution in [0.4, 0.5) is 0 Å². The molecule has 6 nitrogen and oxygen atoms in total. The first-order chi connectivity index (χ1) is 10.5. The Morgan fingerprint density at radius 1 is 1.18 bits per heavy atom. The van der Waals surface area contributed by atoms with Crippen LogP contribution in [-0.4, -0.2) is 21.7 Å². The molecule has 0 amide bonds. The summed E-state index contributed by atoms with van der Waals surface area (Å²) in [5.74, 6) is -0.262. The van der Waals surface area contributed by atoms with E-state index in [1.165, 1.54) is 21.4 Å². The molecule has 1 heterocycles. The molecule has 0 aliphatic heterocycles. The molecule has 0 N–H and O–H groups in total. The smallest absolute Gasteiger partial charge is 0.330 e. The molecule has 1 aromatic heterocycles. The molecule has 0 radical (unpaired) electrons. The summed E-state index contributed by atoms with van der Waals surface area (Å²) in [6, 6.07) is 1.43. The number of rotatable bonds is 9. The Labute approximate surface area is 130 Å². The van der Waals surface area contributed by atoms with E-state index in [1.54, 1.807) is 0 Å². The molecule has 0 aromatic carbocycles. The van der Waals surface area contributed by atoms with Crippen molar-refractivity contribution in [3.8, 4) is 0 Å². The normalized spacial score (nSPS) is 10.9. The van der Waals surface area contributed by atoms with Crippen molar-refractivity contribution in [2.24, 2.45) is 5.92 Å². The highest BCUT2D eigenvalue weighted by Crippen LogP contribution is 2.03. The van der Waals surface area contributed by atoms with Crippen molar-refractivity contribution in [1.29, 1.82) is 0 Å². The number of carbonyl (C=O) groups excluding carboxylic acids is 1. The van der Waals surface area contributed by atoms with E-state index in [1.807, 2.05) is 20.8 Å². The fourth-order valence-corrected chi connectivity index (χ4v) is 2.07. The first-order valence-corrected chi connectivity index (χ1v) is 7.94. The second-order valence-electron chi connectivity index (χ2n) is 5.61. The average molecular weight is 310 g/mol. The molecule has 1 aromatic rings. The quantitative estimate of drug-likeness (QED) is 0.515. The van der Waals surface area contributed by atoms with Crippen molar-refractivity contribution in [1.82, 2.24) is 9.13 Å². The molecule has 1 rings (SSSR count). The van der Waals surface area contributed by atoms with E-state index >= 15 is 0 Å². The van der Waals surface area contributed by atoms with Gasteiger partial charge in [-0.1, -0.05) is 20.3 Å². The molecule has 6 heteroatoms. The van der Waals surface area contributed by atoms with Crippen LogP contribution in [0.15, 0.2) is 21.9 Å². The first kappa shape index (κ1) is 18.2. The Bertz CT molecular complexity index is 587. The van der Waals surface area contributed by atoms with Crippen molar-refractivity contribution in [3.63, 3.8) is 0 Å². The predicted molar refractivity (Wildman–Crippen MR) is 84.9 cm³/mol. The van der Waals surface area contributed by atoms with Crippen molar-refractivity contribution in [3.05, 3.63) is 33.1 Å². The maximum Gasteiger partial charge on any atom is 0.330 e. The Hall–Kier alpha value is -1.85. The van der Waals surface area contributed by atoms with E-state index < -0.39 is 0 Å². The fourth-order valence-electron chi connectivity index (χ4n) is 2.07. The molecule has 124 valence electrons. The minimum atomic E-state index is -0.249. The van der Waals surface area contributed by atoms with Gasteiger partial charge in [0.15, 0.2) is 0 Å². The lowest BCUT2D eigenvalue weighted by Crippen LogP contribution is -2.38. The molecule has 0 aliphatic rings. The summed E-state index contributed by atoms with van der Waals surface area (Å²) in [4.78, 5) is 35.0. The van der Waals surface area contributed by atoms with Gasteiger partial charge in [0.25, 0.3) is 5.56 Å². The lowest BCUT2D eigenvalue weighted by Gasteiger charge is -2.08. The summed E-state index contributed by atoms with van der Waals surface area (Å²) in [6.07, 6.45) is 4.91. The number of hydrogen-bond acceptors (Lipinski definition) is 4. The Morgan fingerprint density at radius 2 is 1.86 bits per heavy atom. The molecule has 0 aliphatic carbocycles. The fraction of sp³-hybridized carbons (Fsp3) is 0.688. The molecule has 0 bridgehead atoms. The van der Waals surface area contributed by atoms with E-state index in [-0.39, 0.29) is 23.1 Å². The van der Waals surface area contributed by atoms with Gasteiger partial charge in [-0.25, -0.2) is 4.79 Å². The number of nitrogens with zero attached hydrogens (tertiary/aromatic N) is 2. The van der Waals surface area contributed by atoms with Gasteiger partial charge in [-0.05, 0) is 26.2 Å². The molecular weight excluding hydrogens is 284 g/mol. The van der Waals surface area contributed by atoms with E-state index in [2.05, 4.69) is 0 Å². The van der Waals surface area contributed by atoms with E-state index in [4.69, 9.17) is 4.74 Å². The Kier molecular flexibility index (Phi) is 7.63. The van der Waals surface area contributed by atoms with Crippen molar-refractivity contribution >= 4 is 5.97 Å². The molecule has 0 spiro atoms. The topological polar surface area (TPSA) is 70.3 Å². The Balaban J connectivity index is 2.30. The number of hydrogen-bond donors (Lipinski definition) is 0. The third-order valence-corrected chi connectivity index (χ3v) is 3.47. The maximum atomic E-state index is 12.0. The van der Waals surface area contributed by atoms with Gasteiger partial charge < -0.3 is 9.30 Å². The van der Waals surface area contributed by atoms with Crippen LogP contribution < -0.4 is 11.2 Å².